The second-order valence-electron chi connectivity index (χ2n) is 7.02. The van der Waals surface area contributed by atoms with Crippen molar-refractivity contribution in [1.82, 2.24) is 9.78 Å². The molecule has 0 saturated carbocycles. The highest BCUT2D eigenvalue weighted by Crippen LogP contribution is 2.29. The van der Waals surface area contributed by atoms with Gasteiger partial charge in [-0.2, -0.15) is 9.78 Å². The summed E-state index contributed by atoms with van der Waals surface area (Å²) < 4.78 is 22.1. The third kappa shape index (κ3) is 5.52. The fourth-order valence-electron chi connectivity index (χ4n) is 3.10. The van der Waals surface area contributed by atoms with Gasteiger partial charge in [0.1, 0.15) is 11.5 Å². The quantitative estimate of drug-likeness (QED) is 0.478. The molecule has 3 aromatic rings. The number of hydrogen-bond acceptors (Lipinski definition) is 8. The van der Waals surface area contributed by atoms with Crippen molar-refractivity contribution < 1.29 is 28.5 Å². The van der Waals surface area contributed by atoms with E-state index in [9.17, 15) is 14.4 Å². The first-order chi connectivity index (χ1) is 16.4. The predicted octanol–water partition coefficient (Wildman–Crippen LogP) is 2.75. The molecule has 0 aliphatic heterocycles. The highest BCUT2D eigenvalue weighted by atomic mass is 16.5. The van der Waals surface area contributed by atoms with Gasteiger partial charge in [-0.25, -0.2) is 4.79 Å². The van der Waals surface area contributed by atoms with Crippen LogP contribution in [0, 0.1) is 6.92 Å². The van der Waals surface area contributed by atoms with Crippen LogP contribution in [0.4, 0.5) is 5.69 Å². The first-order valence-corrected chi connectivity index (χ1v) is 10.4. The van der Waals surface area contributed by atoms with E-state index in [0.717, 1.165) is 16.3 Å². The minimum absolute atomic E-state index is 0.0984. The number of nitrogens with zero attached hydrogens (tertiary/aromatic N) is 2. The first-order valence-electron chi connectivity index (χ1n) is 10.4. The van der Waals surface area contributed by atoms with E-state index in [1.807, 2.05) is 19.1 Å². The van der Waals surface area contributed by atoms with Crippen LogP contribution >= 0.6 is 0 Å². The fraction of sp³-hybridized carbons (Fsp3) is 0.250. The van der Waals surface area contributed by atoms with Crippen molar-refractivity contribution in [2.45, 2.75) is 13.8 Å². The Morgan fingerprint density at radius 2 is 1.79 bits per heavy atom. The number of anilines is 1. The molecule has 34 heavy (non-hydrogen) atoms. The number of carbonyl (C=O) groups excluding carboxylic acids is 2. The SMILES string of the molecule is CCOC(=O)c1nn(-c2ccccc2C)c(=O)cc1OCC(=O)Nc1ccc(OC)cc1OC. The average molecular weight is 467 g/mol. The second-order valence-corrected chi connectivity index (χ2v) is 7.02. The van der Waals surface area contributed by atoms with E-state index in [-0.39, 0.29) is 18.1 Å². The maximum absolute atomic E-state index is 12.7. The van der Waals surface area contributed by atoms with Crippen molar-refractivity contribution in [2.75, 3.05) is 32.8 Å². The van der Waals surface area contributed by atoms with Crippen LogP contribution in [0.25, 0.3) is 5.69 Å². The molecule has 2 aromatic carbocycles. The number of rotatable bonds is 9. The average Bonchev–Trinajstić information content (AvgIpc) is 2.83. The van der Waals surface area contributed by atoms with Gasteiger partial charge < -0.3 is 24.3 Å². The largest absolute Gasteiger partial charge is 0.497 e. The molecule has 10 nitrogen and oxygen atoms in total. The number of esters is 1. The summed E-state index contributed by atoms with van der Waals surface area (Å²) in [5.74, 6) is -0.531. The highest BCUT2D eigenvalue weighted by molar-refractivity contribution is 5.94. The number of aromatic nitrogens is 2. The minimum atomic E-state index is -0.780. The van der Waals surface area contributed by atoms with Gasteiger partial charge >= 0.3 is 5.97 Å². The van der Waals surface area contributed by atoms with Crippen molar-refractivity contribution in [3.63, 3.8) is 0 Å². The lowest BCUT2D eigenvalue weighted by molar-refractivity contribution is -0.118. The Kier molecular flexibility index (Phi) is 7.86. The highest BCUT2D eigenvalue weighted by Gasteiger charge is 2.21. The molecule has 0 unspecified atom stereocenters. The Hall–Kier alpha value is -4.34. The molecule has 1 N–H and O–H groups in total. The smallest absolute Gasteiger partial charge is 0.362 e. The molecule has 178 valence electrons. The third-order valence-electron chi connectivity index (χ3n) is 4.75. The summed E-state index contributed by atoms with van der Waals surface area (Å²) in [5, 5.41) is 6.82. The van der Waals surface area contributed by atoms with E-state index < -0.39 is 24.0 Å². The summed E-state index contributed by atoms with van der Waals surface area (Å²) in [6, 6.07) is 13.1. The van der Waals surface area contributed by atoms with Crippen LogP contribution < -0.4 is 25.1 Å². The van der Waals surface area contributed by atoms with Crippen molar-refractivity contribution in [3.05, 3.63) is 70.1 Å². The molecule has 10 heteroatoms. The summed E-state index contributed by atoms with van der Waals surface area (Å²) in [7, 11) is 2.98. The zero-order chi connectivity index (χ0) is 24.7. The van der Waals surface area contributed by atoms with Crippen molar-refractivity contribution in [1.29, 1.82) is 0 Å². The number of ether oxygens (including phenoxy) is 4. The van der Waals surface area contributed by atoms with Gasteiger partial charge in [0, 0.05) is 6.07 Å². The number of hydrogen-bond donors (Lipinski definition) is 1. The summed E-state index contributed by atoms with van der Waals surface area (Å²) >= 11 is 0. The number of amides is 1. The Labute approximate surface area is 196 Å². The molecule has 1 amide bonds. The number of aryl methyl sites for hydroxylation is 1. The molecule has 3 rings (SSSR count). The summed E-state index contributed by atoms with van der Waals surface area (Å²) in [4.78, 5) is 37.8. The van der Waals surface area contributed by atoms with Crippen LogP contribution in [0.15, 0.2) is 53.3 Å². The molecule has 0 bridgehead atoms. The summed E-state index contributed by atoms with van der Waals surface area (Å²) in [5.41, 5.74) is 0.937. The first kappa shape index (κ1) is 24.3. The lowest BCUT2D eigenvalue weighted by Gasteiger charge is -2.14. The van der Waals surface area contributed by atoms with Crippen LogP contribution in [-0.2, 0) is 9.53 Å². The molecule has 0 fully saturated rings. The Bertz CT molecular complexity index is 1250. The molecular weight excluding hydrogens is 442 g/mol. The Morgan fingerprint density at radius 3 is 2.47 bits per heavy atom. The van der Waals surface area contributed by atoms with Crippen molar-refractivity contribution >= 4 is 17.6 Å². The van der Waals surface area contributed by atoms with Crippen molar-refractivity contribution in [2.24, 2.45) is 0 Å². The van der Waals surface area contributed by atoms with Crippen LogP contribution in [0.5, 0.6) is 17.2 Å². The zero-order valence-corrected chi connectivity index (χ0v) is 19.3. The number of benzene rings is 2. The van der Waals surface area contributed by atoms with E-state index in [4.69, 9.17) is 18.9 Å². The van der Waals surface area contributed by atoms with Gasteiger partial charge in [-0.05, 0) is 37.6 Å². The predicted molar refractivity (Wildman–Crippen MR) is 124 cm³/mol. The number of nitrogens with one attached hydrogen (secondary N) is 1. The zero-order valence-electron chi connectivity index (χ0n) is 19.3. The van der Waals surface area contributed by atoms with Crippen LogP contribution in [0.2, 0.25) is 0 Å². The fourth-order valence-corrected chi connectivity index (χ4v) is 3.10. The summed E-state index contributed by atoms with van der Waals surface area (Å²) in [6.45, 7) is 3.07. The Balaban J connectivity index is 1.85. The molecule has 0 saturated heterocycles. The maximum atomic E-state index is 12.7. The van der Waals surface area contributed by atoms with Crippen LogP contribution in [-0.4, -0.2) is 49.1 Å². The van der Waals surface area contributed by atoms with E-state index in [1.165, 1.54) is 14.2 Å². The van der Waals surface area contributed by atoms with Gasteiger partial charge in [0.05, 0.1) is 38.3 Å². The maximum Gasteiger partial charge on any atom is 0.362 e. The van der Waals surface area contributed by atoms with Gasteiger partial charge in [-0.3, -0.25) is 9.59 Å². The van der Waals surface area contributed by atoms with Crippen molar-refractivity contribution in [3.8, 4) is 22.9 Å². The van der Waals surface area contributed by atoms with Crippen LogP contribution in [0.1, 0.15) is 23.0 Å². The molecule has 0 aliphatic carbocycles. The van der Waals surface area contributed by atoms with E-state index in [0.29, 0.717) is 22.9 Å². The topological polar surface area (TPSA) is 118 Å². The van der Waals surface area contributed by atoms with Gasteiger partial charge in [-0.1, -0.05) is 18.2 Å². The van der Waals surface area contributed by atoms with Crippen LogP contribution in [0.3, 0.4) is 0 Å². The lowest BCUT2D eigenvalue weighted by Crippen LogP contribution is -2.27. The molecule has 1 heterocycles. The van der Waals surface area contributed by atoms with Gasteiger partial charge in [0.2, 0.25) is 5.69 Å². The second kappa shape index (κ2) is 11.0. The molecule has 0 radical (unpaired) electrons. The third-order valence-corrected chi connectivity index (χ3v) is 4.75. The van der Waals surface area contributed by atoms with Gasteiger partial charge in [0.15, 0.2) is 12.4 Å². The Morgan fingerprint density at radius 1 is 1.03 bits per heavy atom. The molecule has 1 aromatic heterocycles. The van der Waals surface area contributed by atoms with Gasteiger partial charge in [-0.15, -0.1) is 0 Å². The molecule has 0 aliphatic rings. The normalized spacial score (nSPS) is 10.4. The minimum Gasteiger partial charge on any atom is -0.497 e. The number of carbonyl (C=O) groups is 2. The van der Waals surface area contributed by atoms with E-state index in [1.54, 1.807) is 37.3 Å². The molecule has 0 spiro atoms. The molecular formula is C24H25N3O7. The van der Waals surface area contributed by atoms with Gasteiger partial charge in [0.25, 0.3) is 11.5 Å². The molecule has 0 atom stereocenters. The van der Waals surface area contributed by atoms with E-state index in [2.05, 4.69) is 10.4 Å². The lowest BCUT2D eigenvalue weighted by atomic mass is 10.2. The number of para-hydroxylation sites is 1. The van der Waals surface area contributed by atoms with E-state index >= 15 is 0 Å². The summed E-state index contributed by atoms with van der Waals surface area (Å²) in [6.07, 6.45) is 0. The standard InChI is InChI=1S/C24H25N3O7/c1-5-33-24(30)23-20(13-22(29)27(26-23)18-9-7-6-8-15(18)2)34-14-21(28)25-17-11-10-16(31-3)12-19(17)32-4/h6-13H,5,14H2,1-4H3,(H,25,28). The monoisotopic (exact) mass is 467 g/mol. The number of methoxy groups -OCH3 is 2.